The van der Waals surface area contributed by atoms with Crippen LogP contribution in [0.1, 0.15) is 28.4 Å². The monoisotopic (exact) mass is 422 g/mol. The summed E-state index contributed by atoms with van der Waals surface area (Å²) < 4.78 is 7.53. The van der Waals surface area contributed by atoms with Crippen molar-refractivity contribution in [3.63, 3.8) is 0 Å². The van der Waals surface area contributed by atoms with Crippen molar-refractivity contribution in [3.05, 3.63) is 65.2 Å². The van der Waals surface area contributed by atoms with E-state index in [1.807, 2.05) is 66.9 Å². The molecule has 156 valence electrons. The number of para-hydroxylation sites is 1. The van der Waals surface area contributed by atoms with Gasteiger partial charge in [0.1, 0.15) is 0 Å². The number of aromatic nitrogens is 3. The predicted molar refractivity (Wildman–Crippen MR) is 120 cm³/mol. The minimum atomic E-state index is -0.281. The highest BCUT2D eigenvalue weighted by Gasteiger charge is 2.25. The first-order valence-corrected chi connectivity index (χ1v) is 11.0. The van der Waals surface area contributed by atoms with Gasteiger partial charge in [-0.05, 0) is 50.1 Å². The lowest BCUT2D eigenvalue weighted by atomic mass is 10.0. The number of nitrogens with zero attached hydrogens (tertiary/aromatic N) is 4. The van der Waals surface area contributed by atoms with Crippen LogP contribution in [-0.4, -0.2) is 52.1 Å². The van der Waals surface area contributed by atoms with Crippen molar-refractivity contribution >= 4 is 23.5 Å². The number of rotatable bonds is 6. The zero-order valence-corrected chi connectivity index (χ0v) is 18.4. The number of morpholine rings is 1. The molecule has 1 atom stereocenters. The number of anilines is 1. The molecule has 1 aliphatic rings. The number of ketones is 1. The van der Waals surface area contributed by atoms with Crippen molar-refractivity contribution in [2.75, 3.05) is 31.2 Å². The summed E-state index contributed by atoms with van der Waals surface area (Å²) >= 11 is 1.44. The lowest BCUT2D eigenvalue weighted by molar-refractivity contribution is 0.0993. The van der Waals surface area contributed by atoms with Gasteiger partial charge in [0.15, 0.2) is 10.9 Å². The van der Waals surface area contributed by atoms with Crippen molar-refractivity contribution in [1.29, 1.82) is 0 Å². The lowest BCUT2D eigenvalue weighted by Gasteiger charge is -2.28. The standard InChI is InChI=1S/C23H26N4O2S/c1-16-9-10-19(15-17(16)2)21(28)18(3)30-23-25-24-22(26-11-13-29-14-12-26)27(23)20-7-5-4-6-8-20/h4-10,15,18H,11-14H2,1-3H3. The molecule has 2 aromatic carbocycles. The van der Waals surface area contributed by atoms with Crippen LogP contribution in [0.4, 0.5) is 5.95 Å². The highest BCUT2D eigenvalue weighted by Crippen LogP contribution is 2.31. The third-order valence-electron chi connectivity index (χ3n) is 5.37. The topological polar surface area (TPSA) is 60.3 Å². The van der Waals surface area contributed by atoms with E-state index in [0.29, 0.717) is 18.4 Å². The fraction of sp³-hybridized carbons (Fsp3) is 0.348. The molecule has 0 spiro atoms. The summed E-state index contributed by atoms with van der Waals surface area (Å²) in [5.74, 6) is 0.886. The van der Waals surface area contributed by atoms with Gasteiger partial charge in [0.05, 0.1) is 24.2 Å². The van der Waals surface area contributed by atoms with E-state index in [1.54, 1.807) is 0 Å². The lowest BCUT2D eigenvalue weighted by Crippen LogP contribution is -2.37. The molecular weight excluding hydrogens is 396 g/mol. The van der Waals surface area contributed by atoms with Crippen LogP contribution in [0.3, 0.4) is 0 Å². The molecule has 6 nitrogen and oxygen atoms in total. The van der Waals surface area contributed by atoms with Crippen molar-refractivity contribution in [2.24, 2.45) is 0 Å². The highest BCUT2D eigenvalue weighted by molar-refractivity contribution is 8.00. The predicted octanol–water partition coefficient (Wildman–Crippen LogP) is 4.08. The van der Waals surface area contributed by atoms with Gasteiger partial charge < -0.3 is 9.64 Å². The van der Waals surface area contributed by atoms with Crippen molar-refractivity contribution < 1.29 is 9.53 Å². The number of ether oxygens (including phenoxy) is 1. The molecule has 0 saturated carbocycles. The molecule has 1 fully saturated rings. The first-order chi connectivity index (χ1) is 14.5. The summed E-state index contributed by atoms with van der Waals surface area (Å²) in [5.41, 5.74) is 4.03. The average Bonchev–Trinajstić information content (AvgIpc) is 3.19. The van der Waals surface area contributed by atoms with E-state index in [2.05, 4.69) is 22.0 Å². The number of hydrogen-bond acceptors (Lipinski definition) is 6. The molecule has 7 heteroatoms. The van der Waals surface area contributed by atoms with Crippen LogP contribution >= 0.6 is 11.8 Å². The summed E-state index contributed by atoms with van der Waals surface area (Å²) in [6, 6.07) is 15.9. The van der Waals surface area contributed by atoms with Crippen molar-refractivity contribution in [2.45, 2.75) is 31.2 Å². The van der Waals surface area contributed by atoms with Crippen LogP contribution in [-0.2, 0) is 4.74 Å². The van der Waals surface area contributed by atoms with Gasteiger partial charge in [-0.25, -0.2) is 0 Å². The van der Waals surface area contributed by atoms with Crippen LogP contribution < -0.4 is 4.90 Å². The van der Waals surface area contributed by atoms with Gasteiger partial charge in [0.2, 0.25) is 5.95 Å². The summed E-state index contributed by atoms with van der Waals surface area (Å²) in [7, 11) is 0. The van der Waals surface area contributed by atoms with E-state index in [0.717, 1.165) is 35.9 Å². The normalized spacial score (nSPS) is 15.2. The van der Waals surface area contributed by atoms with E-state index >= 15 is 0 Å². The third-order valence-corrected chi connectivity index (χ3v) is 6.41. The molecular formula is C23H26N4O2S. The Morgan fingerprint density at radius 2 is 1.77 bits per heavy atom. The number of benzene rings is 2. The van der Waals surface area contributed by atoms with Crippen LogP contribution in [0.2, 0.25) is 0 Å². The Kier molecular flexibility index (Phi) is 6.20. The van der Waals surface area contributed by atoms with Gasteiger partial charge in [-0.15, -0.1) is 10.2 Å². The first kappa shape index (κ1) is 20.6. The van der Waals surface area contributed by atoms with Gasteiger partial charge >= 0.3 is 0 Å². The molecule has 0 N–H and O–H groups in total. The zero-order chi connectivity index (χ0) is 21.1. The number of Topliss-reactive ketones (excluding diaryl/α,β-unsaturated/α-hetero) is 1. The largest absolute Gasteiger partial charge is 0.378 e. The number of carbonyl (C=O) groups is 1. The molecule has 1 aliphatic heterocycles. The number of carbonyl (C=O) groups excluding carboxylic acids is 1. The Balaban J connectivity index is 1.64. The molecule has 30 heavy (non-hydrogen) atoms. The minimum absolute atomic E-state index is 0.0960. The van der Waals surface area contributed by atoms with Crippen LogP contribution in [0.15, 0.2) is 53.7 Å². The van der Waals surface area contributed by atoms with E-state index < -0.39 is 0 Å². The van der Waals surface area contributed by atoms with Gasteiger partial charge in [-0.3, -0.25) is 9.36 Å². The maximum Gasteiger partial charge on any atom is 0.232 e. The van der Waals surface area contributed by atoms with E-state index in [1.165, 1.54) is 17.3 Å². The summed E-state index contributed by atoms with van der Waals surface area (Å²) in [5, 5.41) is 9.37. The van der Waals surface area contributed by atoms with Crippen LogP contribution in [0, 0.1) is 13.8 Å². The van der Waals surface area contributed by atoms with Crippen LogP contribution in [0.5, 0.6) is 0 Å². The summed E-state index contributed by atoms with van der Waals surface area (Å²) in [6.45, 7) is 8.90. The maximum atomic E-state index is 13.1. The Morgan fingerprint density at radius 3 is 2.47 bits per heavy atom. The Bertz CT molecular complexity index is 1030. The van der Waals surface area contributed by atoms with Crippen molar-refractivity contribution in [1.82, 2.24) is 14.8 Å². The number of thioether (sulfide) groups is 1. The molecule has 2 heterocycles. The molecule has 0 amide bonds. The molecule has 4 rings (SSSR count). The van der Waals surface area contributed by atoms with Crippen molar-refractivity contribution in [3.8, 4) is 5.69 Å². The summed E-state index contributed by atoms with van der Waals surface area (Å²) in [4.78, 5) is 15.2. The Hall–Kier alpha value is -2.64. The second kappa shape index (κ2) is 9.02. The molecule has 0 radical (unpaired) electrons. The molecule has 3 aromatic rings. The van der Waals surface area contributed by atoms with Gasteiger partial charge in [0.25, 0.3) is 0 Å². The smallest absolute Gasteiger partial charge is 0.232 e. The minimum Gasteiger partial charge on any atom is -0.378 e. The second-order valence-corrected chi connectivity index (χ2v) is 8.78. The molecule has 1 aromatic heterocycles. The Labute approximate surface area is 181 Å². The maximum absolute atomic E-state index is 13.1. The van der Waals surface area contributed by atoms with E-state index in [9.17, 15) is 4.79 Å². The fourth-order valence-electron chi connectivity index (χ4n) is 3.45. The van der Waals surface area contributed by atoms with Crippen LogP contribution in [0.25, 0.3) is 5.69 Å². The highest BCUT2D eigenvalue weighted by atomic mass is 32.2. The molecule has 0 aliphatic carbocycles. The van der Waals surface area contributed by atoms with Gasteiger partial charge in [-0.1, -0.05) is 42.1 Å². The number of aryl methyl sites for hydroxylation is 2. The van der Waals surface area contributed by atoms with E-state index in [-0.39, 0.29) is 11.0 Å². The SMILES string of the molecule is Cc1ccc(C(=O)C(C)Sc2nnc(N3CCOCC3)n2-c2ccccc2)cc1C. The van der Waals surface area contributed by atoms with Gasteiger partial charge in [0, 0.05) is 18.7 Å². The third kappa shape index (κ3) is 4.27. The second-order valence-electron chi connectivity index (χ2n) is 7.48. The van der Waals surface area contributed by atoms with E-state index in [4.69, 9.17) is 4.74 Å². The molecule has 0 bridgehead atoms. The quantitative estimate of drug-likeness (QED) is 0.441. The molecule has 1 unspecified atom stereocenters. The molecule has 1 saturated heterocycles. The zero-order valence-electron chi connectivity index (χ0n) is 17.5. The number of hydrogen-bond donors (Lipinski definition) is 0. The first-order valence-electron chi connectivity index (χ1n) is 10.2. The average molecular weight is 423 g/mol. The fourth-order valence-corrected chi connectivity index (χ4v) is 4.39. The Morgan fingerprint density at radius 1 is 1.03 bits per heavy atom. The summed E-state index contributed by atoms with van der Waals surface area (Å²) in [6.07, 6.45) is 0. The van der Waals surface area contributed by atoms with Gasteiger partial charge in [-0.2, -0.15) is 0 Å².